The molecular weight excluding hydrogens is 707 g/mol. The van der Waals surface area contributed by atoms with E-state index in [0.717, 1.165) is 5.56 Å². The second-order valence-electron chi connectivity index (χ2n) is 12.1. The summed E-state index contributed by atoms with van der Waals surface area (Å²) in [5.74, 6) is -3.64. The molecule has 1 aliphatic heterocycles. The Morgan fingerprint density at radius 2 is 1.23 bits per heavy atom. The van der Waals surface area contributed by atoms with Crippen molar-refractivity contribution in [3.8, 4) is 17.2 Å². The minimum Gasteiger partial charge on any atom is -0.488 e. The molecule has 5 aromatic carbocycles. The maximum atomic E-state index is 14.8. The van der Waals surface area contributed by atoms with Crippen molar-refractivity contribution in [3.63, 3.8) is 0 Å². The van der Waals surface area contributed by atoms with Gasteiger partial charge in [-0.25, -0.2) is 4.79 Å². The lowest BCUT2D eigenvalue weighted by Gasteiger charge is -2.24. The summed E-state index contributed by atoms with van der Waals surface area (Å²) in [6, 6.07) is 32.0. The molecule has 0 bridgehead atoms. The van der Waals surface area contributed by atoms with Crippen LogP contribution in [0.5, 0.6) is 17.2 Å². The number of fused-ring (bicyclic) bond motifs is 1. The Kier molecular flexibility index (Phi) is 10.6. The first-order valence-electron chi connectivity index (χ1n) is 16.2. The molecule has 5 aromatic rings. The number of carbonyl (C=O) groups is 2. The van der Waals surface area contributed by atoms with Crippen LogP contribution in [-0.2, 0) is 56.2 Å². The Balaban J connectivity index is 1.49. The molecule has 6 rings (SSSR count). The van der Waals surface area contributed by atoms with Crippen molar-refractivity contribution in [2.45, 2.75) is 38.1 Å². The molecule has 268 valence electrons. The summed E-state index contributed by atoms with van der Waals surface area (Å²) < 4.78 is 77.0. The lowest BCUT2D eigenvalue weighted by molar-refractivity contribution is 0.0596. The van der Waals surface area contributed by atoms with Crippen LogP contribution in [0.2, 0.25) is 0 Å². The largest absolute Gasteiger partial charge is 0.488 e. The number of amides is 1. The van der Waals surface area contributed by atoms with Gasteiger partial charge in [0, 0.05) is 13.1 Å². The zero-order valence-electron chi connectivity index (χ0n) is 28.4. The number of ether oxygens (including phenoxy) is 2. The summed E-state index contributed by atoms with van der Waals surface area (Å²) in [4.78, 5) is 28.8. The number of benzene rings is 5. The van der Waals surface area contributed by atoms with Gasteiger partial charge >= 0.3 is 26.2 Å². The predicted octanol–water partition coefficient (Wildman–Crippen LogP) is 6.33. The lowest BCUT2D eigenvalue weighted by Crippen LogP contribution is -2.28. The molecule has 1 heterocycles. The molecule has 0 atom stereocenters. The van der Waals surface area contributed by atoms with Crippen LogP contribution >= 0.6 is 0 Å². The van der Waals surface area contributed by atoms with E-state index in [2.05, 4.69) is 0 Å². The maximum absolute atomic E-state index is 14.8. The second kappa shape index (κ2) is 15.3. The molecule has 0 saturated heterocycles. The van der Waals surface area contributed by atoms with Crippen LogP contribution in [0, 0.1) is 6.92 Å². The summed E-state index contributed by atoms with van der Waals surface area (Å²) in [7, 11) is -7.70. The molecule has 0 aliphatic carbocycles. The summed E-state index contributed by atoms with van der Waals surface area (Å²) in [6.07, 6.45) is 0. The first-order chi connectivity index (χ1) is 24.9. The highest BCUT2D eigenvalue weighted by Gasteiger charge is 2.36. The first kappa shape index (κ1) is 36.1. The van der Waals surface area contributed by atoms with Gasteiger partial charge in [0.15, 0.2) is 5.75 Å². The second-order valence-corrected chi connectivity index (χ2v) is 15.3. The Morgan fingerprint density at radius 1 is 0.673 bits per heavy atom. The van der Waals surface area contributed by atoms with Crippen LogP contribution in [0.25, 0.3) is 0 Å². The smallest absolute Gasteiger partial charge is 0.338 e. The summed E-state index contributed by atoms with van der Waals surface area (Å²) in [6.45, 7) is 1.58. The minimum absolute atomic E-state index is 0.0165. The number of esters is 1. The predicted molar refractivity (Wildman–Crippen MR) is 193 cm³/mol. The SMILES string of the molecule is COC(=O)c1cccc2c1CN(C(=O)c1c(OCc3ccccc3)c(C)cc(OS(=O)(=O)Cc3ccccc3)c1OS(=O)(=O)Cc1ccccc1)C2. The fraction of sp³-hybridized carbons (Fsp3) is 0.179. The highest BCUT2D eigenvalue weighted by atomic mass is 32.2. The van der Waals surface area contributed by atoms with E-state index in [1.54, 1.807) is 85.8 Å². The van der Waals surface area contributed by atoms with Gasteiger partial charge in [0.25, 0.3) is 5.91 Å². The third kappa shape index (κ3) is 8.44. The zero-order chi connectivity index (χ0) is 36.9. The van der Waals surface area contributed by atoms with Crippen molar-refractivity contribution in [2.24, 2.45) is 0 Å². The van der Waals surface area contributed by atoms with Gasteiger partial charge in [0.2, 0.25) is 5.75 Å². The van der Waals surface area contributed by atoms with Crippen molar-refractivity contribution in [2.75, 3.05) is 7.11 Å². The number of carbonyl (C=O) groups excluding carboxylic acids is 2. The lowest BCUT2D eigenvalue weighted by atomic mass is 10.0. The summed E-state index contributed by atoms with van der Waals surface area (Å²) in [5.41, 5.74) is 3.01. The quantitative estimate of drug-likeness (QED) is 0.0992. The van der Waals surface area contributed by atoms with Crippen LogP contribution < -0.4 is 13.1 Å². The maximum Gasteiger partial charge on any atom is 0.338 e. The molecule has 13 heteroatoms. The molecule has 11 nitrogen and oxygen atoms in total. The van der Waals surface area contributed by atoms with Gasteiger partial charge in [-0.1, -0.05) is 103 Å². The number of nitrogens with zero attached hydrogens (tertiary/aromatic N) is 1. The minimum atomic E-state index is -4.54. The molecule has 0 radical (unpaired) electrons. The fourth-order valence-electron chi connectivity index (χ4n) is 5.91. The van der Waals surface area contributed by atoms with Gasteiger partial charge in [0.1, 0.15) is 29.4 Å². The standard InChI is InChI=1S/C39H35NO10S2/c1-27-21-34(49-51(43,44)25-29-15-8-4-9-16-29)37(50-52(45,46)26-30-17-10-5-11-18-30)35(36(27)48-24-28-13-6-3-7-14-28)38(41)40-22-31-19-12-20-32(33(31)23-40)39(42)47-2/h3-21H,22-26H2,1-2H3. The van der Waals surface area contributed by atoms with Crippen molar-refractivity contribution < 1.29 is 44.3 Å². The van der Waals surface area contributed by atoms with Crippen LogP contribution in [0.3, 0.4) is 0 Å². The van der Waals surface area contributed by atoms with E-state index in [1.807, 2.05) is 30.3 Å². The number of methoxy groups -OCH3 is 1. The van der Waals surface area contributed by atoms with Gasteiger partial charge in [-0.2, -0.15) is 16.8 Å². The molecule has 0 aromatic heterocycles. The number of hydrogen-bond acceptors (Lipinski definition) is 10. The third-order valence-electron chi connectivity index (χ3n) is 8.30. The first-order valence-corrected chi connectivity index (χ1v) is 19.3. The average Bonchev–Trinajstić information content (AvgIpc) is 3.57. The Labute approximate surface area is 302 Å². The van der Waals surface area contributed by atoms with E-state index in [1.165, 1.54) is 18.1 Å². The molecule has 1 aliphatic rings. The van der Waals surface area contributed by atoms with E-state index in [9.17, 15) is 26.4 Å². The van der Waals surface area contributed by atoms with E-state index in [0.29, 0.717) is 22.3 Å². The number of aryl methyl sites for hydroxylation is 1. The van der Waals surface area contributed by atoms with E-state index >= 15 is 0 Å². The van der Waals surface area contributed by atoms with E-state index in [4.69, 9.17) is 17.8 Å². The van der Waals surface area contributed by atoms with Crippen molar-refractivity contribution in [3.05, 3.63) is 160 Å². The molecule has 0 unspecified atom stereocenters. The van der Waals surface area contributed by atoms with Crippen molar-refractivity contribution >= 4 is 32.1 Å². The fourth-order valence-corrected chi connectivity index (χ4v) is 8.05. The average molecular weight is 742 g/mol. The van der Waals surface area contributed by atoms with Crippen LogP contribution in [-0.4, -0.2) is 40.7 Å². The van der Waals surface area contributed by atoms with E-state index in [-0.39, 0.29) is 42.1 Å². The Morgan fingerprint density at radius 3 is 1.81 bits per heavy atom. The monoisotopic (exact) mass is 741 g/mol. The van der Waals surface area contributed by atoms with Crippen molar-refractivity contribution in [1.29, 1.82) is 0 Å². The highest BCUT2D eigenvalue weighted by Crippen LogP contribution is 2.44. The van der Waals surface area contributed by atoms with Gasteiger partial charge in [0.05, 0.1) is 12.7 Å². The van der Waals surface area contributed by atoms with Gasteiger partial charge in [-0.05, 0) is 52.4 Å². The molecule has 0 N–H and O–H groups in total. The molecule has 0 fully saturated rings. The van der Waals surface area contributed by atoms with Gasteiger partial charge in [-0.3, -0.25) is 4.79 Å². The number of hydrogen-bond donors (Lipinski definition) is 0. The van der Waals surface area contributed by atoms with Crippen LogP contribution in [0.15, 0.2) is 115 Å². The van der Waals surface area contributed by atoms with Crippen molar-refractivity contribution in [1.82, 2.24) is 4.90 Å². The normalized spacial score (nSPS) is 12.5. The third-order valence-corrected chi connectivity index (χ3v) is 10.5. The van der Waals surface area contributed by atoms with Crippen LogP contribution in [0.4, 0.5) is 0 Å². The molecule has 52 heavy (non-hydrogen) atoms. The van der Waals surface area contributed by atoms with E-state index < -0.39 is 55.1 Å². The molecule has 1 amide bonds. The summed E-state index contributed by atoms with van der Waals surface area (Å²) in [5, 5.41) is 0. The molecule has 0 saturated carbocycles. The summed E-state index contributed by atoms with van der Waals surface area (Å²) >= 11 is 0. The molecule has 0 spiro atoms. The zero-order valence-corrected chi connectivity index (χ0v) is 30.0. The highest BCUT2D eigenvalue weighted by molar-refractivity contribution is 7.86. The number of rotatable bonds is 13. The van der Waals surface area contributed by atoms with Crippen LogP contribution in [0.1, 0.15) is 54.1 Å². The van der Waals surface area contributed by atoms with Gasteiger partial charge < -0.3 is 22.7 Å². The topological polar surface area (TPSA) is 143 Å². The Hall–Kier alpha value is -5.66. The Bertz CT molecular complexity index is 2310. The van der Waals surface area contributed by atoms with Gasteiger partial charge in [-0.15, -0.1) is 0 Å². The molecular formula is C39H35NO10S2.